The van der Waals surface area contributed by atoms with Gasteiger partial charge in [0.15, 0.2) is 0 Å². The summed E-state index contributed by atoms with van der Waals surface area (Å²) in [5.41, 5.74) is 7.18. The van der Waals surface area contributed by atoms with Crippen molar-refractivity contribution in [2.45, 2.75) is 39.2 Å². The molecule has 1 aromatic carbocycles. The molecule has 1 aliphatic carbocycles. The van der Waals surface area contributed by atoms with Crippen molar-refractivity contribution >= 4 is 11.6 Å². The van der Waals surface area contributed by atoms with Crippen LogP contribution < -0.4 is 15.8 Å². The smallest absolute Gasteiger partial charge is 0.253 e. The quantitative estimate of drug-likeness (QED) is 0.823. The molecule has 1 aromatic rings. The van der Waals surface area contributed by atoms with Crippen molar-refractivity contribution in [2.24, 2.45) is 5.41 Å². The van der Waals surface area contributed by atoms with Crippen molar-refractivity contribution in [2.75, 3.05) is 12.8 Å². The van der Waals surface area contributed by atoms with Crippen LogP contribution in [0, 0.1) is 5.41 Å². The molecule has 0 radical (unpaired) electrons. The average Bonchev–Trinajstić information content (AvgIpc) is 2.68. The highest BCUT2D eigenvalue weighted by Crippen LogP contribution is 2.37. The topological polar surface area (TPSA) is 64.3 Å². The molecule has 0 spiro atoms. The van der Waals surface area contributed by atoms with Crippen molar-refractivity contribution < 1.29 is 9.53 Å². The van der Waals surface area contributed by atoms with Gasteiger partial charge in [0.2, 0.25) is 0 Å². The summed E-state index contributed by atoms with van der Waals surface area (Å²) in [6.45, 7) is 4.47. The van der Waals surface area contributed by atoms with Gasteiger partial charge in [-0.1, -0.05) is 13.8 Å². The second-order valence-corrected chi connectivity index (χ2v) is 6.03. The third kappa shape index (κ3) is 3.19. The first-order valence-electron chi connectivity index (χ1n) is 6.66. The molecule has 1 saturated carbocycles. The van der Waals surface area contributed by atoms with Crippen LogP contribution in [0.25, 0.3) is 0 Å². The van der Waals surface area contributed by atoms with E-state index in [4.69, 9.17) is 10.5 Å². The zero-order valence-electron chi connectivity index (χ0n) is 11.8. The van der Waals surface area contributed by atoms with Gasteiger partial charge in [0.1, 0.15) is 5.75 Å². The van der Waals surface area contributed by atoms with Crippen LogP contribution in [0.2, 0.25) is 0 Å². The highest BCUT2D eigenvalue weighted by atomic mass is 16.5. The number of nitrogens with one attached hydrogen (secondary N) is 1. The highest BCUT2D eigenvalue weighted by Gasteiger charge is 2.31. The molecule has 1 aliphatic rings. The summed E-state index contributed by atoms with van der Waals surface area (Å²) >= 11 is 0. The number of amides is 1. The third-order valence-electron chi connectivity index (χ3n) is 3.81. The lowest BCUT2D eigenvalue weighted by atomic mass is 9.92. The van der Waals surface area contributed by atoms with E-state index in [0.717, 1.165) is 19.3 Å². The van der Waals surface area contributed by atoms with Crippen LogP contribution in [0.15, 0.2) is 18.2 Å². The summed E-state index contributed by atoms with van der Waals surface area (Å²) in [6, 6.07) is 5.39. The van der Waals surface area contributed by atoms with Crippen LogP contribution in [-0.4, -0.2) is 19.1 Å². The summed E-state index contributed by atoms with van der Waals surface area (Å²) in [6.07, 6.45) is 3.21. The van der Waals surface area contributed by atoms with E-state index in [-0.39, 0.29) is 11.9 Å². The Kier molecular flexibility index (Phi) is 3.69. The van der Waals surface area contributed by atoms with Gasteiger partial charge in [-0.2, -0.15) is 0 Å². The standard InChI is InChI=1S/C15H22N2O2/c1-15(2)7-6-10(9-15)17-14(18)12-5-4-11(19-3)8-13(12)16/h4-5,8,10H,6-7,9,16H2,1-3H3,(H,17,18). The van der Waals surface area contributed by atoms with Gasteiger partial charge >= 0.3 is 0 Å². The lowest BCUT2D eigenvalue weighted by Crippen LogP contribution is -2.33. The minimum Gasteiger partial charge on any atom is -0.497 e. The number of nitrogens with two attached hydrogens (primary N) is 1. The molecule has 4 nitrogen and oxygen atoms in total. The monoisotopic (exact) mass is 262 g/mol. The molecule has 0 bridgehead atoms. The second kappa shape index (κ2) is 5.11. The molecule has 1 atom stereocenters. The van der Waals surface area contributed by atoms with Crippen molar-refractivity contribution in [3.63, 3.8) is 0 Å². The molecule has 1 amide bonds. The fourth-order valence-electron chi connectivity index (χ4n) is 2.70. The molecular formula is C15H22N2O2. The Morgan fingerprint density at radius 2 is 2.21 bits per heavy atom. The number of hydrogen-bond donors (Lipinski definition) is 2. The van der Waals surface area contributed by atoms with Gasteiger partial charge in [0.25, 0.3) is 5.91 Å². The Balaban J connectivity index is 2.04. The summed E-state index contributed by atoms with van der Waals surface area (Å²) < 4.78 is 5.08. The maximum atomic E-state index is 12.2. The van der Waals surface area contributed by atoms with Gasteiger partial charge in [-0.15, -0.1) is 0 Å². The number of ether oxygens (including phenoxy) is 1. The van der Waals surface area contributed by atoms with Gasteiger partial charge in [-0.3, -0.25) is 4.79 Å². The van der Waals surface area contributed by atoms with Gasteiger partial charge in [0.05, 0.1) is 12.7 Å². The van der Waals surface area contributed by atoms with Crippen LogP contribution >= 0.6 is 0 Å². The summed E-state index contributed by atoms with van der Waals surface area (Å²) in [4.78, 5) is 12.2. The minimum atomic E-state index is -0.0946. The van der Waals surface area contributed by atoms with Crippen molar-refractivity contribution in [1.82, 2.24) is 5.32 Å². The highest BCUT2D eigenvalue weighted by molar-refractivity contribution is 5.99. The lowest BCUT2D eigenvalue weighted by molar-refractivity contribution is 0.0937. The number of anilines is 1. The van der Waals surface area contributed by atoms with Gasteiger partial charge in [-0.25, -0.2) is 0 Å². The first kappa shape index (κ1) is 13.7. The van der Waals surface area contributed by atoms with Crippen molar-refractivity contribution in [3.8, 4) is 5.75 Å². The molecule has 19 heavy (non-hydrogen) atoms. The molecule has 0 aliphatic heterocycles. The maximum absolute atomic E-state index is 12.2. The van der Waals surface area contributed by atoms with E-state index >= 15 is 0 Å². The number of carbonyl (C=O) groups excluding carboxylic acids is 1. The van der Waals surface area contributed by atoms with E-state index in [1.165, 1.54) is 0 Å². The first-order valence-corrected chi connectivity index (χ1v) is 6.66. The Hall–Kier alpha value is -1.71. The molecular weight excluding hydrogens is 240 g/mol. The predicted octanol–water partition coefficient (Wildman–Crippen LogP) is 2.59. The average molecular weight is 262 g/mol. The number of carbonyl (C=O) groups is 1. The SMILES string of the molecule is COc1ccc(C(=O)NC2CCC(C)(C)C2)c(N)c1. The van der Waals surface area contributed by atoms with Gasteiger partial charge < -0.3 is 15.8 Å². The molecule has 1 unspecified atom stereocenters. The molecule has 1 fully saturated rings. The van der Waals surface area contributed by atoms with Crippen LogP contribution in [0.3, 0.4) is 0 Å². The molecule has 104 valence electrons. The number of methoxy groups -OCH3 is 1. The Morgan fingerprint density at radius 1 is 1.47 bits per heavy atom. The zero-order chi connectivity index (χ0) is 14.0. The van der Waals surface area contributed by atoms with Gasteiger partial charge in [-0.05, 0) is 36.8 Å². The largest absolute Gasteiger partial charge is 0.497 e. The Bertz CT molecular complexity index is 483. The van der Waals surface area contributed by atoms with E-state index in [0.29, 0.717) is 22.4 Å². The van der Waals surface area contributed by atoms with E-state index in [1.807, 2.05) is 0 Å². The maximum Gasteiger partial charge on any atom is 0.253 e. The third-order valence-corrected chi connectivity index (χ3v) is 3.81. The molecule has 0 saturated heterocycles. The Labute approximate surface area is 114 Å². The van der Waals surface area contributed by atoms with Crippen molar-refractivity contribution in [1.29, 1.82) is 0 Å². The van der Waals surface area contributed by atoms with Crippen LogP contribution in [0.1, 0.15) is 43.5 Å². The molecule has 0 aromatic heterocycles. The van der Waals surface area contributed by atoms with Gasteiger partial charge in [0, 0.05) is 17.8 Å². The normalized spacial score (nSPS) is 21.1. The molecule has 2 rings (SSSR count). The van der Waals surface area contributed by atoms with E-state index in [1.54, 1.807) is 25.3 Å². The fraction of sp³-hybridized carbons (Fsp3) is 0.533. The van der Waals surface area contributed by atoms with Crippen LogP contribution in [0.5, 0.6) is 5.75 Å². The number of benzene rings is 1. The summed E-state index contributed by atoms with van der Waals surface area (Å²) in [7, 11) is 1.58. The molecule has 0 heterocycles. The molecule has 4 heteroatoms. The van der Waals surface area contributed by atoms with Crippen LogP contribution in [-0.2, 0) is 0 Å². The first-order chi connectivity index (χ1) is 8.91. The van der Waals surface area contributed by atoms with E-state index in [9.17, 15) is 4.79 Å². The number of hydrogen-bond acceptors (Lipinski definition) is 3. The minimum absolute atomic E-state index is 0.0946. The zero-order valence-corrected chi connectivity index (χ0v) is 11.8. The van der Waals surface area contributed by atoms with E-state index < -0.39 is 0 Å². The molecule has 3 N–H and O–H groups in total. The lowest BCUT2D eigenvalue weighted by Gasteiger charge is -2.18. The summed E-state index contributed by atoms with van der Waals surface area (Å²) in [5, 5.41) is 3.07. The fourth-order valence-corrected chi connectivity index (χ4v) is 2.70. The second-order valence-electron chi connectivity index (χ2n) is 6.03. The number of nitrogen functional groups attached to an aromatic ring is 1. The van der Waals surface area contributed by atoms with E-state index in [2.05, 4.69) is 19.2 Å². The van der Waals surface area contributed by atoms with Crippen molar-refractivity contribution in [3.05, 3.63) is 23.8 Å². The van der Waals surface area contributed by atoms with Crippen LogP contribution in [0.4, 0.5) is 5.69 Å². The Morgan fingerprint density at radius 3 is 2.74 bits per heavy atom. The summed E-state index contributed by atoms with van der Waals surface area (Å²) in [5.74, 6) is 0.568. The number of rotatable bonds is 3. The predicted molar refractivity (Wildman–Crippen MR) is 76.3 cm³/mol.